The van der Waals surface area contributed by atoms with Crippen molar-refractivity contribution >= 4 is 17.7 Å². The number of carbonyl (C=O) groups is 3. The molecule has 0 unspecified atom stereocenters. The number of carbonyl (C=O) groups excluding carboxylic acids is 3. The third-order valence-electron chi connectivity index (χ3n) is 5.22. The summed E-state index contributed by atoms with van der Waals surface area (Å²) in [6, 6.07) is 17.2. The van der Waals surface area contributed by atoms with Crippen LogP contribution >= 0.6 is 0 Å². The summed E-state index contributed by atoms with van der Waals surface area (Å²) in [4.78, 5) is 38.3. The molecule has 1 aliphatic heterocycles. The Bertz CT molecular complexity index is 902. The van der Waals surface area contributed by atoms with E-state index in [1.54, 1.807) is 0 Å². The largest absolute Gasteiger partial charge is 0.355 e. The smallest absolute Gasteiger partial charge is 0.254 e. The summed E-state index contributed by atoms with van der Waals surface area (Å²) >= 11 is 0. The minimum Gasteiger partial charge on any atom is -0.355 e. The van der Waals surface area contributed by atoms with Crippen molar-refractivity contribution in [3.8, 4) is 0 Å². The van der Waals surface area contributed by atoms with Gasteiger partial charge in [0.25, 0.3) is 11.8 Å². The Morgan fingerprint density at radius 1 is 0.926 bits per heavy atom. The number of hydrogen-bond donors (Lipinski definition) is 1. The molecule has 1 aliphatic carbocycles. The van der Waals surface area contributed by atoms with Gasteiger partial charge in [-0.1, -0.05) is 54.6 Å². The molecular weight excluding hydrogens is 340 g/mol. The first-order chi connectivity index (χ1) is 13.1. The van der Waals surface area contributed by atoms with Crippen molar-refractivity contribution < 1.29 is 14.4 Å². The van der Waals surface area contributed by atoms with Crippen molar-refractivity contribution in [1.29, 1.82) is 0 Å². The van der Waals surface area contributed by atoms with Gasteiger partial charge in [-0.2, -0.15) is 0 Å². The third kappa shape index (κ3) is 3.28. The summed E-state index contributed by atoms with van der Waals surface area (Å²) in [6.07, 6.45) is 3.77. The second-order valence-electron chi connectivity index (χ2n) is 6.84. The summed E-state index contributed by atoms with van der Waals surface area (Å²) in [5.41, 5.74) is 2.94. The lowest BCUT2D eigenvalue weighted by Crippen LogP contribution is -2.34. The Balaban J connectivity index is 1.48. The monoisotopic (exact) mass is 360 g/mol. The molecule has 1 heterocycles. The molecule has 1 N–H and O–H groups in total. The van der Waals surface area contributed by atoms with Gasteiger partial charge in [-0.05, 0) is 29.5 Å². The Hall–Kier alpha value is -3.21. The van der Waals surface area contributed by atoms with Crippen LogP contribution in [0.4, 0.5) is 0 Å². The minimum absolute atomic E-state index is 0.0621. The third-order valence-corrected chi connectivity index (χ3v) is 5.22. The second kappa shape index (κ2) is 7.19. The molecule has 0 radical (unpaired) electrons. The van der Waals surface area contributed by atoms with Crippen LogP contribution in [-0.2, 0) is 20.8 Å². The molecule has 0 saturated heterocycles. The van der Waals surface area contributed by atoms with Crippen molar-refractivity contribution in [3.05, 3.63) is 83.4 Å². The predicted octanol–water partition coefficient (Wildman–Crippen LogP) is 2.50. The first kappa shape index (κ1) is 17.2. The average molecular weight is 360 g/mol. The van der Waals surface area contributed by atoms with Gasteiger partial charge >= 0.3 is 0 Å². The lowest BCUT2D eigenvalue weighted by atomic mass is 10.0. The van der Waals surface area contributed by atoms with Crippen LogP contribution in [0.1, 0.15) is 35.1 Å². The van der Waals surface area contributed by atoms with E-state index in [4.69, 9.17) is 0 Å². The molecule has 0 bridgehead atoms. The van der Waals surface area contributed by atoms with Gasteiger partial charge in [0.05, 0.1) is 12.0 Å². The molecule has 0 spiro atoms. The van der Waals surface area contributed by atoms with Crippen molar-refractivity contribution in [2.75, 3.05) is 6.54 Å². The number of fused-ring (bicyclic) bond motifs is 1. The predicted molar refractivity (Wildman–Crippen MR) is 101 cm³/mol. The summed E-state index contributed by atoms with van der Waals surface area (Å²) in [5, 5.41) is 3.00. The van der Waals surface area contributed by atoms with E-state index < -0.39 is 0 Å². The van der Waals surface area contributed by atoms with Gasteiger partial charge in [-0.15, -0.1) is 0 Å². The number of nitrogens with one attached hydrogen (secondary N) is 1. The highest BCUT2D eigenvalue weighted by Crippen LogP contribution is 2.44. The molecule has 2 aromatic rings. The molecule has 136 valence electrons. The highest BCUT2D eigenvalue weighted by atomic mass is 16.2. The Morgan fingerprint density at radius 3 is 2.26 bits per heavy atom. The zero-order chi connectivity index (χ0) is 18.8. The average Bonchev–Trinajstić information content (AvgIpc) is 3.22. The van der Waals surface area contributed by atoms with Gasteiger partial charge in [0, 0.05) is 18.7 Å². The fourth-order valence-corrected chi connectivity index (χ4v) is 3.92. The van der Waals surface area contributed by atoms with Gasteiger partial charge in [0.1, 0.15) is 0 Å². The van der Waals surface area contributed by atoms with Crippen LogP contribution in [0, 0.1) is 0 Å². The molecule has 3 amide bonds. The molecular formula is C22H20N2O3. The standard InChI is InChI=1S/C22H20N2O3/c25-20-10-11-21(26)24(20)19-14-18(16-8-4-5-9-17(16)19)22(27)23-13-12-15-6-2-1-3-7-15/h1-11,18-19H,12-14H2,(H,23,27)/t18-,19-/m0/s1. The maximum atomic E-state index is 12.8. The van der Waals surface area contributed by atoms with Crippen molar-refractivity contribution in [2.24, 2.45) is 0 Å². The number of rotatable bonds is 5. The van der Waals surface area contributed by atoms with Crippen molar-refractivity contribution in [3.63, 3.8) is 0 Å². The van der Waals surface area contributed by atoms with Crippen LogP contribution in [-0.4, -0.2) is 29.2 Å². The summed E-state index contributed by atoms with van der Waals surface area (Å²) in [7, 11) is 0. The molecule has 5 nitrogen and oxygen atoms in total. The van der Waals surface area contributed by atoms with Crippen LogP contribution in [0.2, 0.25) is 0 Å². The molecule has 0 fully saturated rings. The van der Waals surface area contributed by atoms with Crippen LogP contribution in [0.25, 0.3) is 0 Å². The van der Waals surface area contributed by atoms with Crippen LogP contribution in [0.3, 0.4) is 0 Å². The maximum absolute atomic E-state index is 12.8. The van der Waals surface area contributed by atoms with E-state index >= 15 is 0 Å². The van der Waals surface area contributed by atoms with Crippen molar-refractivity contribution in [1.82, 2.24) is 10.2 Å². The Labute approximate surface area is 157 Å². The number of amides is 3. The van der Waals surface area contributed by atoms with Crippen LogP contribution in [0.5, 0.6) is 0 Å². The minimum atomic E-state index is -0.388. The first-order valence-electron chi connectivity index (χ1n) is 9.11. The fraction of sp³-hybridized carbons (Fsp3) is 0.227. The van der Waals surface area contributed by atoms with E-state index in [-0.39, 0.29) is 29.7 Å². The first-order valence-corrected chi connectivity index (χ1v) is 9.11. The fourth-order valence-electron chi connectivity index (χ4n) is 3.92. The van der Waals surface area contributed by atoms with Gasteiger partial charge in [-0.3, -0.25) is 19.3 Å². The summed E-state index contributed by atoms with van der Waals surface area (Å²) in [6.45, 7) is 0.551. The maximum Gasteiger partial charge on any atom is 0.254 e. The second-order valence-corrected chi connectivity index (χ2v) is 6.84. The lowest BCUT2D eigenvalue weighted by Gasteiger charge is -2.23. The van der Waals surface area contributed by atoms with Crippen LogP contribution in [0.15, 0.2) is 66.7 Å². The highest BCUT2D eigenvalue weighted by molar-refractivity contribution is 6.13. The van der Waals surface area contributed by atoms with Crippen molar-refractivity contribution in [2.45, 2.75) is 24.8 Å². The summed E-state index contributed by atoms with van der Waals surface area (Å²) in [5.74, 6) is -1.05. The quantitative estimate of drug-likeness (QED) is 0.833. The molecule has 2 aromatic carbocycles. The van der Waals surface area contributed by atoms with E-state index in [9.17, 15) is 14.4 Å². The molecule has 2 aliphatic rings. The zero-order valence-corrected chi connectivity index (χ0v) is 14.8. The molecule has 2 atom stereocenters. The van der Waals surface area contributed by atoms with E-state index in [2.05, 4.69) is 5.32 Å². The normalized spacial score (nSPS) is 20.8. The zero-order valence-electron chi connectivity index (χ0n) is 14.8. The molecule has 4 rings (SSSR count). The van der Waals surface area contributed by atoms with Gasteiger partial charge in [0.15, 0.2) is 0 Å². The SMILES string of the molecule is O=C(NCCc1ccccc1)[C@H]1C[C@H](N2C(=O)C=CC2=O)c2ccccc21. The van der Waals surface area contributed by atoms with E-state index in [1.807, 2.05) is 54.6 Å². The topological polar surface area (TPSA) is 66.5 Å². The number of hydrogen-bond acceptors (Lipinski definition) is 3. The molecule has 0 saturated carbocycles. The van der Waals surface area contributed by atoms with E-state index in [0.717, 1.165) is 17.5 Å². The Morgan fingerprint density at radius 2 is 1.56 bits per heavy atom. The number of benzene rings is 2. The van der Waals surface area contributed by atoms with E-state index in [0.29, 0.717) is 13.0 Å². The highest BCUT2D eigenvalue weighted by Gasteiger charge is 2.42. The van der Waals surface area contributed by atoms with Gasteiger partial charge < -0.3 is 5.32 Å². The number of imide groups is 1. The van der Waals surface area contributed by atoms with Crippen LogP contribution < -0.4 is 5.32 Å². The van der Waals surface area contributed by atoms with Gasteiger partial charge in [0.2, 0.25) is 5.91 Å². The van der Waals surface area contributed by atoms with Gasteiger partial charge in [-0.25, -0.2) is 0 Å². The Kier molecular flexibility index (Phi) is 4.59. The number of nitrogens with zero attached hydrogens (tertiary/aromatic N) is 1. The summed E-state index contributed by atoms with van der Waals surface area (Å²) < 4.78 is 0. The van der Waals surface area contributed by atoms with E-state index in [1.165, 1.54) is 22.6 Å². The molecule has 5 heteroatoms. The lowest BCUT2D eigenvalue weighted by molar-refractivity contribution is -0.140. The molecule has 0 aromatic heterocycles. The molecule has 27 heavy (non-hydrogen) atoms.